The molecular weight excluding hydrogens is 404 g/mol. The number of hydrogen-bond acceptors (Lipinski definition) is 5. The van der Waals surface area contributed by atoms with Crippen LogP contribution in [0.2, 0.25) is 0 Å². The third-order valence-corrected chi connectivity index (χ3v) is 4.93. The van der Waals surface area contributed by atoms with Crippen molar-refractivity contribution in [1.29, 1.82) is 0 Å². The van der Waals surface area contributed by atoms with Gasteiger partial charge in [-0.3, -0.25) is 4.79 Å². The lowest BCUT2D eigenvalue weighted by Crippen LogP contribution is -2.28. The molecule has 0 saturated heterocycles. The van der Waals surface area contributed by atoms with Crippen molar-refractivity contribution in [2.75, 3.05) is 7.05 Å². The van der Waals surface area contributed by atoms with Gasteiger partial charge >= 0.3 is 5.97 Å². The molecule has 0 atom stereocenters. The van der Waals surface area contributed by atoms with Gasteiger partial charge in [-0.25, -0.2) is 9.78 Å². The van der Waals surface area contributed by atoms with Crippen LogP contribution in [0, 0.1) is 0 Å². The van der Waals surface area contributed by atoms with E-state index in [1.165, 1.54) is 0 Å². The summed E-state index contributed by atoms with van der Waals surface area (Å²) in [5.41, 5.74) is 2.37. The Hall–Kier alpha value is -4.19. The van der Waals surface area contributed by atoms with Crippen molar-refractivity contribution < 1.29 is 18.7 Å². The minimum Gasteiger partial charge on any atom is -0.452 e. The minimum absolute atomic E-state index is 0.131. The number of benzene rings is 3. The van der Waals surface area contributed by atoms with Crippen LogP contribution in [0.1, 0.15) is 32.2 Å². The molecule has 1 amide bonds. The van der Waals surface area contributed by atoms with Crippen molar-refractivity contribution in [3.05, 3.63) is 114 Å². The number of amides is 1. The predicted molar refractivity (Wildman–Crippen MR) is 120 cm³/mol. The molecule has 0 aliphatic heterocycles. The van der Waals surface area contributed by atoms with E-state index in [0.29, 0.717) is 12.3 Å². The number of aromatic nitrogens is 1. The van der Waals surface area contributed by atoms with Crippen LogP contribution < -0.4 is 0 Å². The molecule has 0 aliphatic rings. The van der Waals surface area contributed by atoms with Gasteiger partial charge in [0.1, 0.15) is 0 Å². The van der Waals surface area contributed by atoms with Gasteiger partial charge in [-0.1, -0.05) is 72.8 Å². The molecule has 1 heterocycles. The van der Waals surface area contributed by atoms with Crippen LogP contribution in [0.4, 0.5) is 0 Å². The number of carbonyl (C=O) groups excluding carboxylic acids is 2. The predicted octanol–water partition coefficient (Wildman–Crippen LogP) is 4.97. The normalized spacial score (nSPS) is 10.5. The molecule has 0 saturated carbocycles. The maximum Gasteiger partial charge on any atom is 0.339 e. The third-order valence-electron chi connectivity index (χ3n) is 4.93. The van der Waals surface area contributed by atoms with Gasteiger partial charge in [-0.2, -0.15) is 0 Å². The van der Waals surface area contributed by atoms with Crippen LogP contribution in [-0.2, 0) is 17.9 Å². The Morgan fingerprint density at radius 1 is 0.875 bits per heavy atom. The number of esters is 1. The van der Waals surface area contributed by atoms with Gasteiger partial charge in [-0.05, 0) is 17.7 Å². The Labute approximate surface area is 186 Å². The maximum absolute atomic E-state index is 13.0. The molecule has 1 aromatic heterocycles. The summed E-state index contributed by atoms with van der Waals surface area (Å²) in [6, 6.07) is 25.8. The van der Waals surface area contributed by atoms with Crippen LogP contribution in [0.5, 0.6) is 0 Å². The lowest BCUT2D eigenvalue weighted by Gasteiger charge is -2.18. The van der Waals surface area contributed by atoms with E-state index in [1.54, 1.807) is 42.4 Å². The second kappa shape index (κ2) is 9.75. The molecule has 6 nitrogen and oxygen atoms in total. The molecule has 6 heteroatoms. The van der Waals surface area contributed by atoms with Crippen molar-refractivity contribution >= 4 is 11.9 Å². The molecule has 32 heavy (non-hydrogen) atoms. The molecule has 0 spiro atoms. The largest absolute Gasteiger partial charge is 0.452 e. The number of rotatable bonds is 7. The second-order valence-corrected chi connectivity index (χ2v) is 7.25. The fraction of sp³-hybridized carbons (Fsp3) is 0.115. The van der Waals surface area contributed by atoms with Crippen LogP contribution in [0.3, 0.4) is 0 Å². The summed E-state index contributed by atoms with van der Waals surface area (Å²) >= 11 is 0. The summed E-state index contributed by atoms with van der Waals surface area (Å²) in [6.07, 6.45) is 1.59. The van der Waals surface area contributed by atoms with Crippen molar-refractivity contribution in [2.45, 2.75) is 13.2 Å². The van der Waals surface area contributed by atoms with E-state index in [1.807, 2.05) is 60.7 Å². The van der Waals surface area contributed by atoms with Gasteiger partial charge < -0.3 is 14.1 Å². The molecule has 3 aromatic carbocycles. The zero-order chi connectivity index (χ0) is 22.3. The highest BCUT2D eigenvalue weighted by molar-refractivity contribution is 6.05. The molecule has 0 fully saturated rings. The van der Waals surface area contributed by atoms with Crippen LogP contribution >= 0.6 is 0 Å². The topological polar surface area (TPSA) is 72.6 Å². The third kappa shape index (κ3) is 4.92. The summed E-state index contributed by atoms with van der Waals surface area (Å²) in [7, 11) is 1.70. The van der Waals surface area contributed by atoms with E-state index >= 15 is 0 Å². The van der Waals surface area contributed by atoms with E-state index in [9.17, 15) is 9.59 Å². The van der Waals surface area contributed by atoms with Crippen molar-refractivity contribution in [1.82, 2.24) is 9.88 Å². The number of oxazole rings is 1. The van der Waals surface area contributed by atoms with Gasteiger partial charge in [0, 0.05) is 19.2 Å². The average Bonchev–Trinajstić information content (AvgIpc) is 3.32. The average molecular weight is 426 g/mol. The van der Waals surface area contributed by atoms with E-state index in [0.717, 1.165) is 11.1 Å². The Balaban J connectivity index is 1.43. The number of hydrogen-bond donors (Lipinski definition) is 0. The Kier molecular flexibility index (Phi) is 6.41. The smallest absolute Gasteiger partial charge is 0.339 e. The van der Waals surface area contributed by atoms with Crippen LogP contribution in [0.25, 0.3) is 11.3 Å². The summed E-state index contributed by atoms with van der Waals surface area (Å²) in [5, 5.41) is 0. The molecule has 160 valence electrons. The van der Waals surface area contributed by atoms with Crippen molar-refractivity contribution in [3.63, 3.8) is 0 Å². The van der Waals surface area contributed by atoms with Gasteiger partial charge in [0.25, 0.3) is 5.91 Å². The fourth-order valence-corrected chi connectivity index (χ4v) is 3.30. The maximum atomic E-state index is 13.0. The quantitative estimate of drug-likeness (QED) is 0.390. The first kappa shape index (κ1) is 21.1. The lowest BCUT2D eigenvalue weighted by atomic mass is 10.1. The first-order valence-corrected chi connectivity index (χ1v) is 10.2. The van der Waals surface area contributed by atoms with E-state index in [-0.39, 0.29) is 29.5 Å². The van der Waals surface area contributed by atoms with E-state index in [2.05, 4.69) is 4.98 Å². The first-order chi connectivity index (χ1) is 15.6. The molecule has 0 bridgehead atoms. The Morgan fingerprint density at radius 3 is 2.22 bits per heavy atom. The fourth-order valence-electron chi connectivity index (χ4n) is 3.30. The number of carbonyl (C=O) groups is 2. The number of nitrogens with zero attached hydrogens (tertiary/aromatic N) is 2. The monoisotopic (exact) mass is 426 g/mol. The second-order valence-electron chi connectivity index (χ2n) is 7.25. The highest BCUT2D eigenvalue weighted by Crippen LogP contribution is 2.21. The SMILES string of the molecule is CN(Cc1ccccc1)C(=O)c1ccccc1C(=O)OCc1ncc(-c2ccccc2)o1. The molecule has 0 radical (unpaired) electrons. The summed E-state index contributed by atoms with van der Waals surface area (Å²) in [5.74, 6) is 0.00221. The molecule has 0 N–H and O–H groups in total. The highest BCUT2D eigenvalue weighted by Gasteiger charge is 2.21. The van der Waals surface area contributed by atoms with E-state index in [4.69, 9.17) is 9.15 Å². The number of ether oxygens (including phenoxy) is 1. The van der Waals surface area contributed by atoms with Gasteiger partial charge in [0.2, 0.25) is 5.89 Å². The summed E-state index contributed by atoms with van der Waals surface area (Å²) in [6.45, 7) is 0.301. The highest BCUT2D eigenvalue weighted by atomic mass is 16.5. The van der Waals surface area contributed by atoms with Gasteiger partial charge in [0.05, 0.1) is 17.3 Å². The van der Waals surface area contributed by atoms with Gasteiger partial charge in [-0.15, -0.1) is 0 Å². The Morgan fingerprint density at radius 2 is 1.50 bits per heavy atom. The summed E-state index contributed by atoms with van der Waals surface area (Å²) in [4.78, 5) is 31.5. The molecular formula is C26H22N2O4. The minimum atomic E-state index is -0.610. The van der Waals surface area contributed by atoms with Crippen LogP contribution in [0.15, 0.2) is 95.5 Å². The van der Waals surface area contributed by atoms with Crippen molar-refractivity contribution in [2.24, 2.45) is 0 Å². The standard InChI is InChI=1S/C26H22N2O4/c1-28(17-19-10-4-2-5-11-19)25(29)21-14-8-9-15-22(21)26(30)31-18-24-27-16-23(32-24)20-12-6-3-7-13-20/h2-16H,17-18H2,1H3. The molecule has 4 aromatic rings. The van der Waals surface area contributed by atoms with Crippen LogP contribution in [-0.4, -0.2) is 28.8 Å². The molecule has 4 rings (SSSR count). The zero-order valence-corrected chi connectivity index (χ0v) is 17.6. The first-order valence-electron chi connectivity index (χ1n) is 10.2. The molecule has 0 unspecified atom stereocenters. The summed E-state index contributed by atoms with van der Waals surface area (Å²) < 4.78 is 11.1. The van der Waals surface area contributed by atoms with Crippen molar-refractivity contribution in [3.8, 4) is 11.3 Å². The lowest BCUT2D eigenvalue weighted by molar-refractivity contribution is 0.0434. The zero-order valence-electron chi connectivity index (χ0n) is 17.6. The van der Waals surface area contributed by atoms with E-state index < -0.39 is 5.97 Å². The Bertz CT molecular complexity index is 1200. The molecule has 0 aliphatic carbocycles. The van der Waals surface area contributed by atoms with Gasteiger partial charge in [0.15, 0.2) is 12.4 Å².